The Morgan fingerprint density at radius 3 is 2.46 bits per heavy atom. The van der Waals surface area contributed by atoms with Gasteiger partial charge < -0.3 is 20.4 Å². The van der Waals surface area contributed by atoms with Crippen molar-refractivity contribution in [1.29, 1.82) is 0 Å². The summed E-state index contributed by atoms with van der Waals surface area (Å²) in [7, 11) is 0. The number of aliphatic hydroxyl groups excluding tert-OH is 2. The third kappa shape index (κ3) is 6.22. The molecule has 0 bridgehead atoms. The van der Waals surface area contributed by atoms with Crippen LogP contribution in [0.15, 0.2) is 53.1 Å². The van der Waals surface area contributed by atoms with E-state index in [4.69, 9.17) is 0 Å². The van der Waals surface area contributed by atoms with Gasteiger partial charge in [0, 0.05) is 48.4 Å². The second kappa shape index (κ2) is 12.7. The lowest BCUT2D eigenvalue weighted by atomic mass is 9.88. The van der Waals surface area contributed by atoms with Crippen molar-refractivity contribution in [2.45, 2.75) is 77.3 Å². The number of amides is 1. The molecule has 7 nitrogen and oxygen atoms in total. The van der Waals surface area contributed by atoms with Gasteiger partial charge in [-0.05, 0) is 82.1 Å². The number of benzene rings is 1. The lowest BCUT2D eigenvalue weighted by Crippen LogP contribution is -2.45. The fourth-order valence-electron chi connectivity index (χ4n) is 6.14. The third-order valence-corrected chi connectivity index (χ3v) is 8.11. The number of allylic oxidation sites excluding steroid dienone is 5. The highest BCUT2D eigenvalue weighted by Gasteiger charge is 2.30. The molecule has 200 valence electrons. The van der Waals surface area contributed by atoms with Gasteiger partial charge in [-0.1, -0.05) is 29.9 Å². The van der Waals surface area contributed by atoms with Crippen molar-refractivity contribution in [3.63, 3.8) is 0 Å². The number of ketones is 1. The molecule has 0 saturated heterocycles. The van der Waals surface area contributed by atoms with Crippen LogP contribution in [-0.2, 0) is 11.2 Å². The van der Waals surface area contributed by atoms with Crippen LogP contribution in [0.3, 0.4) is 0 Å². The molecular weight excluding hydrogens is 466 g/mol. The molecule has 1 fully saturated rings. The summed E-state index contributed by atoms with van der Waals surface area (Å²) in [4.78, 5) is 30.3. The van der Waals surface area contributed by atoms with Gasteiger partial charge in [0.1, 0.15) is 0 Å². The predicted octanol–water partition coefficient (Wildman–Crippen LogP) is 3.86. The van der Waals surface area contributed by atoms with Gasteiger partial charge in [0.25, 0.3) is 5.91 Å². The van der Waals surface area contributed by atoms with Gasteiger partial charge in [0.15, 0.2) is 5.78 Å². The van der Waals surface area contributed by atoms with E-state index in [0.29, 0.717) is 24.4 Å². The van der Waals surface area contributed by atoms with Gasteiger partial charge in [0.05, 0.1) is 13.5 Å². The first-order valence-electron chi connectivity index (χ1n) is 13.7. The highest BCUT2D eigenvalue weighted by Crippen LogP contribution is 2.33. The molecule has 0 spiro atoms. The minimum Gasteiger partial charge on any atom is -0.381 e. The Morgan fingerprint density at radius 2 is 1.76 bits per heavy atom. The Balaban J connectivity index is 1.59. The molecule has 0 aromatic heterocycles. The summed E-state index contributed by atoms with van der Waals surface area (Å²) in [6, 6.07) is 6.49. The van der Waals surface area contributed by atoms with Crippen LogP contribution in [0, 0.1) is 0 Å². The first-order chi connectivity index (χ1) is 18.0. The lowest BCUT2D eigenvalue weighted by Gasteiger charge is -2.41. The summed E-state index contributed by atoms with van der Waals surface area (Å²) in [5, 5.41) is 22.1. The standard InChI is InChI=1S/C30H41N3O4/c1-3-33(24-14-12-23(13-15-24)32(19-34)20-35)28-11-7-10-26-25(28)9-6-4-5-8-22-16-21(2)17-29(36)27(22)18-31-30(26)37/h4,6-7,10-11,16,23-24,34-35H,3,5,8-9,12-15,17-20H2,1-2H3,(H,31,37)/b6-4+. The maximum atomic E-state index is 13.4. The number of rotatable bonds is 6. The van der Waals surface area contributed by atoms with Crippen molar-refractivity contribution in [3.8, 4) is 0 Å². The Morgan fingerprint density at radius 1 is 1.03 bits per heavy atom. The minimum absolute atomic E-state index is 0.110. The molecule has 1 saturated carbocycles. The van der Waals surface area contributed by atoms with Crippen LogP contribution in [0.1, 0.15) is 74.7 Å². The van der Waals surface area contributed by atoms with Crippen molar-refractivity contribution in [1.82, 2.24) is 10.2 Å². The molecule has 3 aliphatic rings. The molecule has 2 aliphatic carbocycles. The summed E-state index contributed by atoms with van der Waals surface area (Å²) in [6.07, 6.45) is 12.9. The first-order valence-corrected chi connectivity index (χ1v) is 13.7. The summed E-state index contributed by atoms with van der Waals surface area (Å²) in [5.74, 6) is -0.0305. The molecular formula is C30H41N3O4. The maximum Gasteiger partial charge on any atom is 0.251 e. The maximum absolute atomic E-state index is 13.4. The molecule has 0 radical (unpaired) electrons. The van der Waals surface area contributed by atoms with E-state index < -0.39 is 0 Å². The summed E-state index contributed by atoms with van der Waals surface area (Å²) in [6.45, 7) is 4.98. The molecule has 37 heavy (non-hydrogen) atoms. The van der Waals surface area contributed by atoms with E-state index in [1.54, 1.807) is 4.90 Å². The molecule has 0 unspecified atom stereocenters. The molecule has 4 rings (SSSR count). The Hall–Kier alpha value is -2.74. The topological polar surface area (TPSA) is 93.1 Å². The molecule has 1 heterocycles. The number of nitrogens with zero attached hydrogens (tertiary/aromatic N) is 2. The second-order valence-corrected chi connectivity index (χ2v) is 10.4. The van der Waals surface area contributed by atoms with E-state index in [2.05, 4.69) is 41.4 Å². The van der Waals surface area contributed by atoms with Crippen molar-refractivity contribution >= 4 is 17.4 Å². The molecule has 1 aromatic carbocycles. The highest BCUT2D eigenvalue weighted by molar-refractivity contribution is 6.02. The van der Waals surface area contributed by atoms with Gasteiger partial charge in [-0.25, -0.2) is 0 Å². The number of nitrogens with one attached hydrogen (secondary N) is 1. The summed E-state index contributed by atoms with van der Waals surface area (Å²) < 4.78 is 0. The van der Waals surface area contributed by atoms with Crippen LogP contribution >= 0.6 is 0 Å². The molecule has 3 N–H and O–H groups in total. The fraction of sp³-hybridized carbons (Fsp3) is 0.533. The minimum atomic E-state index is -0.141. The number of carbonyl (C=O) groups is 2. The summed E-state index contributed by atoms with van der Waals surface area (Å²) in [5.41, 5.74) is 5.63. The molecule has 1 aliphatic heterocycles. The van der Waals surface area contributed by atoms with Crippen molar-refractivity contribution in [2.75, 3.05) is 31.5 Å². The second-order valence-electron chi connectivity index (χ2n) is 10.4. The molecule has 0 atom stereocenters. The van der Waals surface area contributed by atoms with Crippen molar-refractivity contribution in [2.24, 2.45) is 0 Å². The van der Waals surface area contributed by atoms with Gasteiger partial charge in [-0.2, -0.15) is 0 Å². The normalized spacial score (nSPS) is 23.9. The van der Waals surface area contributed by atoms with Crippen LogP contribution in [0.2, 0.25) is 0 Å². The smallest absolute Gasteiger partial charge is 0.251 e. The zero-order chi connectivity index (χ0) is 26.4. The van der Waals surface area contributed by atoms with Crippen LogP contribution in [0.4, 0.5) is 5.69 Å². The summed E-state index contributed by atoms with van der Waals surface area (Å²) >= 11 is 0. The lowest BCUT2D eigenvalue weighted by molar-refractivity contribution is -0.115. The van der Waals surface area contributed by atoms with Crippen molar-refractivity contribution in [3.05, 3.63) is 64.3 Å². The average molecular weight is 508 g/mol. The van der Waals surface area contributed by atoms with E-state index >= 15 is 0 Å². The van der Waals surface area contributed by atoms with Crippen molar-refractivity contribution < 1.29 is 19.8 Å². The van der Waals surface area contributed by atoms with Crippen LogP contribution in [0.5, 0.6) is 0 Å². The quantitative estimate of drug-likeness (QED) is 0.400. The third-order valence-electron chi connectivity index (χ3n) is 8.11. The first kappa shape index (κ1) is 27.3. The van der Waals surface area contributed by atoms with E-state index in [9.17, 15) is 19.8 Å². The van der Waals surface area contributed by atoms with Gasteiger partial charge in [-0.3, -0.25) is 14.5 Å². The molecule has 1 aromatic rings. The van der Waals surface area contributed by atoms with Crippen LogP contribution < -0.4 is 10.2 Å². The monoisotopic (exact) mass is 507 g/mol. The van der Waals surface area contributed by atoms with E-state index in [1.165, 1.54) is 0 Å². The highest BCUT2D eigenvalue weighted by atomic mass is 16.3. The Bertz CT molecular complexity index is 1080. The molecule has 7 heteroatoms. The van der Waals surface area contributed by atoms with Gasteiger partial charge >= 0.3 is 0 Å². The SMILES string of the molecule is CCN(c1cccc2c1C/C=C/CCC1=C(CNC2=O)C(=O)CC(C)=C1)C1CCC(N(CO)CO)CC1. The zero-order valence-corrected chi connectivity index (χ0v) is 22.2. The zero-order valence-electron chi connectivity index (χ0n) is 22.2. The van der Waals surface area contributed by atoms with Crippen LogP contribution in [0.25, 0.3) is 0 Å². The number of aliphatic hydroxyl groups is 2. The number of fused-ring (bicyclic) bond motifs is 1. The number of carbonyl (C=O) groups excluding carboxylic acids is 2. The Kier molecular flexibility index (Phi) is 9.35. The Labute approximate surface area is 220 Å². The fourth-order valence-corrected chi connectivity index (χ4v) is 6.14. The van der Waals surface area contributed by atoms with Gasteiger partial charge in [0.2, 0.25) is 0 Å². The van der Waals surface area contributed by atoms with Crippen LogP contribution in [-0.4, -0.2) is 65.4 Å². The predicted molar refractivity (Wildman–Crippen MR) is 146 cm³/mol. The number of hydrogen-bond acceptors (Lipinski definition) is 6. The number of anilines is 1. The number of Topliss-reactive ketones (excluding diaryl/α,β-unsaturated/α-hetero) is 1. The van der Waals surface area contributed by atoms with E-state index in [0.717, 1.165) is 73.0 Å². The molecule has 1 amide bonds. The largest absolute Gasteiger partial charge is 0.381 e. The number of hydrogen-bond donors (Lipinski definition) is 3. The van der Waals surface area contributed by atoms with E-state index in [1.807, 2.05) is 19.1 Å². The average Bonchev–Trinajstić information content (AvgIpc) is 2.89. The van der Waals surface area contributed by atoms with E-state index in [-0.39, 0.29) is 37.7 Å². The van der Waals surface area contributed by atoms with Gasteiger partial charge in [-0.15, -0.1) is 0 Å².